The van der Waals surface area contributed by atoms with Gasteiger partial charge in [-0.25, -0.2) is 14.4 Å². The summed E-state index contributed by atoms with van der Waals surface area (Å²) in [5.74, 6) is -0.000407. The zero-order chi connectivity index (χ0) is 19.7. The van der Waals surface area contributed by atoms with Crippen LogP contribution in [0, 0.1) is 18.2 Å². The van der Waals surface area contributed by atoms with E-state index in [9.17, 15) is 14.0 Å². The molecule has 1 spiro atoms. The Hall–Kier alpha value is -2.83. The normalized spacial score (nSPS) is 24.6. The summed E-state index contributed by atoms with van der Waals surface area (Å²) in [6.45, 7) is 2.32. The molecule has 0 unspecified atom stereocenters. The Labute approximate surface area is 163 Å². The zero-order valence-electron chi connectivity index (χ0n) is 15.8. The van der Waals surface area contributed by atoms with Crippen LogP contribution < -0.4 is 10.2 Å². The third-order valence-electron chi connectivity index (χ3n) is 5.82. The highest BCUT2D eigenvalue weighted by Crippen LogP contribution is 2.46. The lowest BCUT2D eigenvalue weighted by Crippen LogP contribution is -2.46. The fourth-order valence-corrected chi connectivity index (χ4v) is 4.46. The van der Waals surface area contributed by atoms with Gasteiger partial charge in [0.25, 0.3) is 5.91 Å². The number of rotatable bonds is 3. The van der Waals surface area contributed by atoms with Crippen LogP contribution in [0.1, 0.15) is 48.4 Å². The summed E-state index contributed by atoms with van der Waals surface area (Å²) in [6.07, 6.45) is 5.41. The van der Waals surface area contributed by atoms with Crippen molar-refractivity contribution in [3.8, 4) is 0 Å². The molecule has 2 aromatic rings. The molecule has 2 aliphatic rings. The van der Waals surface area contributed by atoms with Gasteiger partial charge in [-0.3, -0.25) is 9.59 Å². The molecule has 0 radical (unpaired) electrons. The molecule has 1 saturated heterocycles. The molecule has 146 valence electrons. The molecule has 6 nitrogen and oxygen atoms in total. The lowest BCUT2D eigenvalue weighted by atomic mass is 9.71. The van der Waals surface area contributed by atoms with E-state index in [2.05, 4.69) is 15.3 Å². The minimum absolute atomic E-state index is 0.0370. The van der Waals surface area contributed by atoms with Crippen molar-refractivity contribution in [2.45, 2.75) is 45.1 Å². The third-order valence-corrected chi connectivity index (χ3v) is 5.82. The van der Waals surface area contributed by atoms with Crippen LogP contribution in [0.5, 0.6) is 0 Å². The Kier molecular flexibility index (Phi) is 4.83. The molecule has 0 bridgehead atoms. The van der Waals surface area contributed by atoms with Crippen LogP contribution in [0.3, 0.4) is 0 Å². The highest BCUT2D eigenvalue weighted by molar-refractivity contribution is 6.00. The van der Waals surface area contributed by atoms with Crippen LogP contribution in [0.4, 0.5) is 10.1 Å². The number of carbonyl (C=O) groups excluding carboxylic acids is 2. The van der Waals surface area contributed by atoms with Crippen LogP contribution in [-0.4, -0.2) is 34.4 Å². The van der Waals surface area contributed by atoms with E-state index in [4.69, 9.17) is 0 Å². The van der Waals surface area contributed by atoms with E-state index in [1.165, 1.54) is 12.1 Å². The third kappa shape index (κ3) is 3.48. The summed E-state index contributed by atoms with van der Waals surface area (Å²) in [5, 5.41) is 3.04. The number of nitrogens with one attached hydrogen (secondary N) is 1. The fraction of sp³-hybridized carbons (Fsp3) is 0.429. The minimum atomic E-state index is -0.482. The number of anilines is 1. The van der Waals surface area contributed by atoms with Crippen molar-refractivity contribution in [3.05, 3.63) is 53.9 Å². The molecule has 2 atom stereocenters. The second-order valence-corrected chi connectivity index (χ2v) is 7.72. The average Bonchev–Trinajstić information content (AvgIpc) is 2.97. The van der Waals surface area contributed by atoms with Gasteiger partial charge in [0.15, 0.2) is 0 Å². The summed E-state index contributed by atoms with van der Waals surface area (Å²) >= 11 is 0. The molecule has 2 fully saturated rings. The number of aromatic nitrogens is 2. The molecule has 4 rings (SSSR count). The second kappa shape index (κ2) is 7.30. The van der Waals surface area contributed by atoms with E-state index in [1.807, 2.05) is 0 Å². The maximum atomic E-state index is 13.6. The largest absolute Gasteiger partial charge is 0.348 e. The van der Waals surface area contributed by atoms with Crippen LogP contribution in [0.25, 0.3) is 0 Å². The first-order valence-electron chi connectivity index (χ1n) is 9.65. The number of nitrogens with zero attached hydrogens (tertiary/aromatic N) is 3. The minimum Gasteiger partial charge on any atom is -0.348 e. The topological polar surface area (TPSA) is 75.2 Å². The van der Waals surface area contributed by atoms with Gasteiger partial charge in [0.05, 0.1) is 5.41 Å². The Balaban J connectivity index is 1.47. The van der Waals surface area contributed by atoms with Crippen molar-refractivity contribution >= 4 is 17.5 Å². The van der Waals surface area contributed by atoms with Crippen LogP contribution in [0.2, 0.25) is 0 Å². The molecule has 1 aromatic heterocycles. The van der Waals surface area contributed by atoms with Gasteiger partial charge < -0.3 is 10.2 Å². The number of benzene rings is 1. The molecule has 2 heterocycles. The van der Waals surface area contributed by atoms with Crippen molar-refractivity contribution in [1.82, 2.24) is 15.3 Å². The number of amides is 2. The Morgan fingerprint density at radius 3 is 2.96 bits per heavy atom. The summed E-state index contributed by atoms with van der Waals surface area (Å²) in [7, 11) is 0. The van der Waals surface area contributed by atoms with Gasteiger partial charge in [-0.2, -0.15) is 0 Å². The predicted molar refractivity (Wildman–Crippen MR) is 102 cm³/mol. The highest BCUT2D eigenvalue weighted by Gasteiger charge is 2.49. The van der Waals surface area contributed by atoms with Crippen LogP contribution in [-0.2, 0) is 4.79 Å². The van der Waals surface area contributed by atoms with E-state index in [0.29, 0.717) is 30.2 Å². The van der Waals surface area contributed by atoms with E-state index in [-0.39, 0.29) is 23.7 Å². The average molecular weight is 382 g/mol. The maximum Gasteiger partial charge on any atom is 0.270 e. The number of carbonyl (C=O) groups is 2. The van der Waals surface area contributed by atoms with Crippen molar-refractivity contribution in [2.24, 2.45) is 5.41 Å². The molecular formula is C21H23FN4O2. The molecule has 28 heavy (non-hydrogen) atoms. The van der Waals surface area contributed by atoms with E-state index < -0.39 is 5.41 Å². The molecule has 1 saturated carbocycles. The van der Waals surface area contributed by atoms with Gasteiger partial charge in [0, 0.05) is 24.5 Å². The predicted octanol–water partition coefficient (Wildman–Crippen LogP) is 3.02. The van der Waals surface area contributed by atoms with E-state index in [1.54, 1.807) is 36.2 Å². The first-order chi connectivity index (χ1) is 13.5. The Morgan fingerprint density at radius 2 is 2.18 bits per heavy atom. The highest BCUT2D eigenvalue weighted by atomic mass is 19.1. The molecular weight excluding hydrogens is 359 g/mol. The van der Waals surface area contributed by atoms with Gasteiger partial charge >= 0.3 is 0 Å². The standard InChI is InChI=1S/C21H23FN4O2/c1-14-23-10-7-18(24-14)19(27)25-16-5-3-8-21(13-16)9-11-26(20(21)28)17-6-2-4-15(22)12-17/h2,4,6-7,10,12,16H,3,5,8-9,11,13H2,1H3,(H,25,27)/t16-,21-/m0/s1. The maximum absolute atomic E-state index is 13.6. The Morgan fingerprint density at radius 1 is 1.32 bits per heavy atom. The van der Waals surface area contributed by atoms with Gasteiger partial charge in [-0.1, -0.05) is 12.5 Å². The summed E-state index contributed by atoms with van der Waals surface area (Å²) in [4.78, 5) is 35.6. The lowest BCUT2D eigenvalue weighted by molar-refractivity contribution is -0.127. The van der Waals surface area contributed by atoms with E-state index in [0.717, 1.165) is 25.7 Å². The smallest absolute Gasteiger partial charge is 0.270 e. The zero-order valence-corrected chi connectivity index (χ0v) is 15.8. The Bertz CT molecular complexity index is 919. The number of aryl methyl sites for hydroxylation is 1. The molecule has 1 N–H and O–H groups in total. The molecule has 7 heteroatoms. The number of hydrogen-bond acceptors (Lipinski definition) is 4. The quantitative estimate of drug-likeness (QED) is 0.885. The van der Waals surface area contributed by atoms with Crippen molar-refractivity contribution in [2.75, 3.05) is 11.4 Å². The van der Waals surface area contributed by atoms with Crippen LogP contribution in [0.15, 0.2) is 36.5 Å². The van der Waals surface area contributed by atoms with Crippen molar-refractivity contribution < 1.29 is 14.0 Å². The van der Waals surface area contributed by atoms with Gasteiger partial charge in [0.2, 0.25) is 5.91 Å². The second-order valence-electron chi connectivity index (χ2n) is 7.72. The molecule has 1 aliphatic carbocycles. The fourth-order valence-electron chi connectivity index (χ4n) is 4.46. The number of hydrogen-bond donors (Lipinski definition) is 1. The summed E-state index contributed by atoms with van der Waals surface area (Å²) in [6, 6.07) is 7.67. The van der Waals surface area contributed by atoms with Gasteiger partial charge in [-0.05, 0) is 56.9 Å². The van der Waals surface area contributed by atoms with Crippen molar-refractivity contribution in [1.29, 1.82) is 0 Å². The van der Waals surface area contributed by atoms with Crippen molar-refractivity contribution in [3.63, 3.8) is 0 Å². The van der Waals surface area contributed by atoms with Gasteiger partial charge in [0.1, 0.15) is 17.3 Å². The molecule has 1 aliphatic heterocycles. The number of halogens is 1. The summed E-state index contributed by atoms with van der Waals surface area (Å²) < 4.78 is 13.6. The molecule has 1 aromatic carbocycles. The summed E-state index contributed by atoms with van der Waals surface area (Å²) in [5.41, 5.74) is 0.458. The molecule has 2 amide bonds. The first kappa shape index (κ1) is 18.5. The lowest BCUT2D eigenvalue weighted by Gasteiger charge is -2.36. The monoisotopic (exact) mass is 382 g/mol. The first-order valence-corrected chi connectivity index (χ1v) is 9.65. The van der Waals surface area contributed by atoms with Gasteiger partial charge in [-0.15, -0.1) is 0 Å². The van der Waals surface area contributed by atoms with E-state index >= 15 is 0 Å². The van der Waals surface area contributed by atoms with Crippen LogP contribution >= 0.6 is 0 Å². The SMILES string of the molecule is Cc1nccc(C(=O)N[C@H]2CCC[C@]3(CCN(c4cccc(F)c4)C3=O)C2)n1.